The fourth-order valence-corrected chi connectivity index (χ4v) is 5.07. The van der Waals surface area contributed by atoms with Crippen molar-refractivity contribution in [1.82, 2.24) is 29.1 Å². The van der Waals surface area contributed by atoms with Crippen molar-refractivity contribution >= 4 is 38.3 Å². The van der Waals surface area contributed by atoms with Gasteiger partial charge in [-0.2, -0.15) is 9.61 Å². The number of aromatic hydroxyl groups is 1. The number of nitrogen functional groups attached to an aromatic ring is 1. The van der Waals surface area contributed by atoms with E-state index >= 15 is 0 Å². The van der Waals surface area contributed by atoms with Crippen LogP contribution < -0.4 is 11.4 Å². The molecule has 9 nitrogen and oxygen atoms in total. The molecule has 1 atom stereocenters. The Hall–Kier alpha value is -3.66. The zero-order valence-electron chi connectivity index (χ0n) is 16.8. The second-order valence-corrected chi connectivity index (χ2v) is 8.77. The molecule has 1 aromatic carbocycles. The van der Waals surface area contributed by atoms with Crippen molar-refractivity contribution < 1.29 is 5.11 Å². The van der Waals surface area contributed by atoms with Crippen LogP contribution in [-0.2, 0) is 13.0 Å². The summed E-state index contributed by atoms with van der Waals surface area (Å²) in [4.78, 5) is 24.2. The number of para-hydroxylation sites is 1. The number of nitrogens with two attached hydrogens (primary N) is 1. The number of hydrogen-bond acceptors (Lipinski definition) is 6. The average Bonchev–Trinajstić information content (AvgIpc) is 3.36. The summed E-state index contributed by atoms with van der Waals surface area (Å²) in [5.74, 6) is 0.340. The van der Waals surface area contributed by atoms with Gasteiger partial charge in [0.25, 0.3) is 0 Å². The summed E-state index contributed by atoms with van der Waals surface area (Å²) in [6, 6.07) is 9.99. The van der Waals surface area contributed by atoms with Crippen LogP contribution in [0, 0.1) is 0 Å². The Morgan fingerprint density at radius 1 is 1.25 bits per heavy atom. The zero-order chi connectivity index (χ0) is 22.0. The molecule has 4 aromatic heterocycles. The number of halogens is 1. The highest BCUT2D eigenvalue weighted by Crippen LogP contribution is 2.37. The summed E-state index contributed by atoms with van der Waals surface area (Å²) in [6.45, 7) is 0.410. The summed E-state index contributed by atoms with van der Waals surface area (Å²) < 4.78 is 3.85. The number of anilines is 1. The third-order valence-electron chi connectivity index (χ3n) is 6.14. The number of aromatic nitrogens is 6. The molecule has 0 saturated carbocycles. The number of rotatable bonds is 2. The smallest absolute Gasteiger partial charge is 0.328 e. The van der Waals surface area contributed by atoms with E-state index in [-0.39, 0.29) is 17.5 Å². The van der Waals surface area contributed by atoms with Crippen molar-refractivity contribution in [3.05, 3.63) is 69.1 Å². The summed E-state index contributed by atoms with van der Waals surface area (Å²) in [5.41, 5.74) is 10.8. The van der Waals surface area contributed by atoms with Gasteiger partial charge in [-0.3, -0.25) is 14.5 Å². The largest absolute Gasteiger partial charge is 0.493 e. The molecule has 0 fully saturated rings. The lowest BCUT2D eigenvalue weighted by Gasteiger charge is -2.24. The molecular formula is C22H18BrN7O2. The maximum atomic E-state index is 12.2. The first-order valence-electron chi connectivity index (χ1n) is 10.2. The molecule has 5 aromatic rings. The van der Waals surface area contributed by atoms with E-state index in [0.29, 0.717) is 34.6 Å². The normalized spacial score (nSPS) is 16.0. The Bertz CT molecular complexity index is 1580. The zero-order valence-corrected chi connectivity index (χ0v) is 18.4. The highest BCUT2D eigenvalue weighted by atomic mass is 79.9. The number of nitrogens with zero attached hydrogens (tertiary/aromatic N) is 5. The summed E-state index contributed by atoms with van der Waals surface area (Å²) >= 11 is 3.59. The topological polar surface area (TPSA) is 127 Å². The number of hydrogen-bond donors (Lipinski definition) is 3. The fraction of sp³-hybridized carbons (Fsp3) is 0.182. The molecule has 0 bridgehead atoms. The maximum absolute atomic E-state index is 12.2. The van der Waals surface area contributed by atoms with Gasteiger partial charge in [-0.05, 0) is 40.9 Å². The first-order valence-corrected chi connectivity index (χ1v) is 11.0. The lowest BCUT2D eigenvalue weighted by Crippen LogP contribution is -2.27. The Labute approximate surface area is 189 Å². The minimum absolute atomic E-state index is 0.0467. The van der Waals surface area contributed by atoms with E-state index < -0.39 is 0 Å². The van der Waals surface area contributed by atoms with Gasteiger partial charge in [0.05, 0.1) is 27.6 Å². The van der Waals surface area contributed by atoms with Gasteiger partial charge in [-0.15, -0.1) is 0 Å². The van der Waals surface area contributed by atoms with Gasteiger partial charge < -0.3 is 10.8 Å². The van der Waals surface area contributed by atoms with Crippen LogP contribution in [0.1, 0.15) is 23.7 Å². The van der Waals surface area contributed by atoms with Gasteiger partial charge in [0.1, 0.15) is 5.82 Å². The quantitative estimate of drug-likeness (QED) is 0.347. The minimum Gasteiger partial charge on any atom is -0.493 e. The van der Waals surface area contributed by atoms with Crippen LogP contribution in [0.5, 0.6) is 5.88 Å². The highest BCUT2D eigenvalue weighted by molar-refractivity contribution is 9.10. The Kier molecular flexibility index (Phi) is 4.12. The number of fused-ring (bicyclic) bond motifs is 3. The predicted molar refractivity (Wildman–Crippen MR) is 124 cm³/mol. The molecule has 0 amide bonds. The molecule has 1 unspecified atom stereocenters. The first-order chi connectivity index (χ1) is 15.5. The average molecular weight is 492 g/mol. The Balaban J connectivity index is 1.49. The van der Waals surface area contributed by atoms with Crippen molar-refractivity contribution in [1.29, 1.82) is 0 Å². The standard InChI is InChI=1S/C22H18BrN7O2/c23-17-18(12-5-6-16-21(31)28-22(32)29(16)10-12)27-20-14(9-26-30(20)19(17)24)13-7-11-3-1-2-4-15(11)25-8-13/h1-4,7-9,12,31H,5-6,10,24H2,(H,28,32). The SMILES string of the molecule is Nc1c(Br)c(C2CCc3c(O)[nH]c(=O)n3C2)nc2c(-c3cnc4ccccc4c3)cnn12. The van der Waals surface area contributed by atoms with Crippen LogP contribution >= 0.6 is 15.9 Å². The minimum atomic E-state index is -0.320. The summed E-state index contributed by atoms with van der Waals surface area (Å²) in [7, 11) is 0. The molecule has 0 aliphatic carbocycles. The fourth-order valence-electron chi connectivity index (χ4n) is 4.49. The van der Waals surface area contributed by atoms with Crippen molar-refractivity contribution in [3.8, 4) is 17.0 Å². The lowest BCUT2D eigenvalue weighted by molar-refractivity contribution is 0.414. The number of aromatic amines is 1. The maximum Gasteiger partial charge on any atom is 0.328 e. The van der Waals surface area contributed by atoms with Crippen LogP contribution in [0.4, 0.5) is 5.82 Å². The molecule has 5 heterocycles. The van der Waals surface area contributed by atoms with Gasteiger partial charge in [-0.1, -0.05) is 18.2 Å². The number of H-pyrrole nitrogens is 1. The monoisotopic (exact) mass is 491 g/mol. The van der Waals surface area contributed by atoms with Gasteiger partial charge in [0.2, 0.25) is 5.88 Å². The summed E-state index contributed by atoms with van der Waals surface area (Å²) in [6.07, 6.45) is 4.85. The van der Waals surface area contributed by atoms with Crippen molar-refractivity contribution in [2.75, 3.05) is 5.73 Å². The third-order valence-corrected chi connectivity index (χ3v) is 6.95. The van der Waals surface area contributed by atoms with E-state index in [4.69, 9.17) is 10.7 Å². The molecule has 0 radical (unpaired) electrons. The molecule has 1 aliphatic heterocycles. The van der Waals surface area contributed by atoms with Crippen molar-refractivity contribution in [2.45, 2.75) is 25.3 Å². The molecule has 10 heteroatoms. The van der Waals surface area contributed by atoms with E-state index in [0.717, 1.165) is 34.1 Å². The molecule has 6 rings (SSSR count). The molecule has 0 saturated heterocycles. The van der Waals surface area contributed by atoms with E-state index in [1.165, 1.54) is 0 Å². The predicted octanol–water partition coefficient (Wildman–Crippen LogP) is 3.21. The van der Waals surface area contributed by atoms with E-state index in [1.54, 1.807) is 15.3 Å². The van der Waals surface area contributed by atoms with Crippen LogP contribution in [0.25, 0.3) is 27.7 Å². The van der Waals surface area contributed by atoms with Crippen LogP contribution in [0.15, 0.2) is 52.0 Å². The molecule has 4 N–H and O–H groups in total. The van der Waals surface area contributed by atoms with E-state index in [2.05, 4.69) is 37.1 Å². The number of benzene rings is 1. The third kappa shape index (κ3) is 2.76. The van der Waals surface area contributed by atoms with Gasteiger partial charge in [0, 0.05) is 35.2 Å². The second kappa shape index (κ2) is 6.92. The molecular weight excluding hydrogens is 474 g/mol. The van der Waals surface area contributed by atoms with Gasteiger partial charge >= 0.3 is 5.69 Å². The first kappa shape index (κ1) is 19.1. The van der Waals surface area contributed by atoms with E-state index in [9.17, 15) is 9.90 Å². The van der Waals surface area contributed by atoms with Crippen LogP contribution in [0.2, 0.25) is 0 Å². The van der Waals surface area contributed by atoms with Gasteiger partial charge in [-0.25, -0.2) is 9.78 Å². The number of nitrogens with one attached hydrogen (secondary N) is 1. The molecule has 0 spiro atoms. The highest BCUT2D eigenvalue weighted by Gasteiger charge is 2.29. The molecule has 1 aliphatic rings. The number of imidazole rings is 1. The van der Waals surface area contributed by atoms with E-state index in [1.807, 2.05) is 30.5 Å². The van der Waals surface area contributed by atoms with Crippen LogP contribution in [-0.4, -0.2) is 34.2 Å². The van der Waals surface area contributed by atoms with Crippen molar-refractivity contribution in [3.63, 3.8) is 0 Å². The van der Waals surface area contributed by atoms with Crippen molar-refractivity contribution in [2.24, 2.45) is 0 Å². The lowest BCUT2D eigenvalue weighted by atomic mass is 9.94. The summed E-state index contributed by atoms with van der Waals surface area (Å²) in [5, 5.41) is 15.4. The number of pyridine rings is 1. The second-order valence-electron chi connectivity index (χ2n) is 7.98. The molecule has 32 heavy (non-hydrogen) atoms. The van der Waals surface area contributed by atoms with Gasteiger partial charge in [0.15, 0.2) is 5.65 Å². The Morgan fingerprint density at radius 3 is 2.97 bits per heavy atom. The van der Waals surface area contributed by atoms with Crippen LogP contribution in [0.3, 0.4) is 0 Å². The Morgan fingerprint density at radius 2 is 2.09 bits per heavy atom. The molecule has 160 valence electrons.